The van der Waals surface area contributed by atoms with Crippen LogP contribution in [0.25, 0.3) is 27.9 Å². The van der Waals surface area contributed by atoms with Gasteiger partial charge in [-0.25, -0.2) is 9.97 Å². The first-order chi connectivity index (χ1) is 13.5. The van der Waals surface area contributed by atoms with Crippen LogP contribution < -0.4 is 11.1 Å². The molecule has 0 spiro atoms. The van der Waals surface area contributed by atoms with Crippen molar-refractivity contribution in [1.29, 1.82) is 0 Å². The van der Waals surface area contributed by atoms with Gasteiger partial charge in [0.15, 0.2) is 5.65 Å². The van der Waals surface area contributed by atoms with E-state index in [-0.39, 0.29) is 11.7 Å². The summed E-state index contributed by atoms with van der Waals surface area (Å²) in [5.74, 6) is -0.0370. The van der Waals surface area contributed by atoms with Crippen molar-refractivity contribution < 1.29 is 4.79 Å². The molecule has 6 nitrogen and oxygen atoms in total. The zero-order valence-corrected chi connectivity index (χ0v) is 16.6. The molecule has 4 aromatic rings. The first-order valence-electron chi connectivity index (χ1n) is 8.81. The van der Waals surface area contributed by atoms with Gasteiger partial charge in [-0.1, -0.05) is 42.3 Å². The van der Waals surface area contributed by atoms with Crippen LogP contribution in [-0.2, 0) is 0 Å². The fourth-order valence-electron chi connectivity index (χ4n) is 3.10. The molecule has 0 saturated carbocycles. The van der Waals surface area contributed by atoms with Gasteiger partial charge < -0.3 is 11.1 Å². The SMILES string of the molecule is CCCNC(=O)c1c(N)n(-c2ccc(Cl)c(Cl)c2)c2nc3ccccc3nc12. The van der Waals surface area contributed by atoms with Crippen LogP contribution in [-0.4, -0.2) is 27.0 Å². The summed E-state index contributed by atoms with van der Waals surface area (Å²) in [5, 5.41) is 3.68. The molecule has 2 aromatic heterocycles. The van der Waals surface area contributed by atoms with E-state index in [1.165, 1.54) is 0 Å². The van der Waals surface area contributed by atoms with Crippen molar-refractivity contribution >= 4 is 57.1 Å². The molecule has 142 valence electrons. The Morgan fingerprint density at radius 1 is 1.11 bits per heavy atom. The van der Waals surface area contributed by atoms with E-state index in [2.05, 4.69) is 10.3 Å². The van der Waals surface area contributed by atoms with E-state index >= 15 is 0 Å². The van der Waals surface area contributed by atoms with E-state index in [1.807, 2.05) is 31.2 Å². The number of amides is 1. The number of para-hydroxylation sites is 2. The van der Waals surface area contributed by atoms with Crippen LogP contribution in [0, 0.1) is 0 Å². The minimum Gasteiger partial charge on any atom is -0.384 e. The fourth-order valence-corrected chi connectivity index (χ4v) is 3.39. The quantitative estimate of drug-likeness (QED) is 0.511. The number of rotatable bonds is 4. The second kappa shape index (κ2) is 7.30. The maximum absolute atomic E-state index is 12.8. The van der Waals surface area contributed by atoms with Crippen LogP contribution in [0.15, 0.2) is 42.5 Å². The van der Waals surface area contributed by atoms with Gasteiger partial charge in [0.05, 0.1) is 26.8 Å². The standard InChI is InChI=1S/C20H17Cl2N5O/c1-2-9-24-20(28)16-17-19(26-15-6-4-3-5-14(15)25-17)27(18(16)23)11-7-8-12(21)13(22)10-11/h3-8,10H,2,9,23H2,1H3,(H,24,28). The number of benzene rings is 2. The summed E-state index contributed by atoms with van der Waals surface area (Å²) >= 11 is 12.3. The van der Waals surface area contributed by atoms with Crippen molar-refractivity contribution in [2.45, 2.75) is 13.3 Å². The minimum absolute atomic E-state index is 0.247. The molecule has 0 unspecified atom stereocenters. The lowest BCUT2D eigenvalue weighted by molar-refractivity contribution is 0.0956. The highest BCUT2D eigenvalue weighted by atomic mass is 35.5. The second-order valence-electron chi connectivity index (χ2n) is 6.33. The molecule has 4 rings (SSSR count). The summed E-state index contributed by atoms with van der Waals surface area (Å²) in [6, 6.07) is 12.6. The Labute approximate surface area is 171 Å². The number of halogens is 2. The van der Waals surface area contributed by atoms with Crippen LogP contribution >= 0.6 is 23.2 Å². The third-order valence-corrected chi connectivity index (χ3v) is 5.16. The van der Waals surface area contributed by atoms with E-state index in [0.29, 0.717) is 50.0 Å². The Morgan fingerprint density at radius 2 is 1.82 bits per heavy atom. The number of anilines is 1. The van der Waals surface area contributed by atoms with Gasteiger partial charge in [0.25, 0.3) is 5.91 Å². The molecule has 28 heavy (non-hydrogen) atoms. The van der Waals surface area contributed by atoms with Crippen molar-refractivity contribution in [1.82, 2.24) is 19.9 Å². The molecular weight excluding hydrogens is 397 g/mol. The third kappa shape index (κ3) is 3.04. The molecule has 1 amide bonds. The van der Waals surface area contributed by atoms with E-state index < -0.39 is 0 Å². The van der Waals surface area contributed by atoms with Gasteiger partial charge in [0.1, 0.15) is 16.9 Å². The molecule has 0 aliphatic rings. The van der Waals surface area contributed by atoms with Gasteiger partial charge in [-0.3, -0.25) is 9.36 Å². The number of fused-ring (bicyclic) bond motifs is 2. The molecule has 0 bridgehead atoms. The maximum atomic E-state index is 12.8. The third-order valence-electron chi connectivity index (χ3n) is 4.42. The van der Waals surface area contributed by atoms with Crippen molar-refractivity contribution in [3.8, 4) is 5.69 Å². The highest BCUT2D eigenvalue weighted by Crippen LogP contribution is 2.33. The number of nitrogens with one attached hydrogen (secondary N) is 1. The van der Waals surface area contributed by atoms with Crippen LogP contribution in [0.1, 0.15) is 23.7 Å². The molecule has 2 aromatic carbocycles. The Kier molecular flexibility index (Phi) is 4.83. The molecule has 0 radical (unpaired) electrons. The van der Waals surface area contributed by atoms with E-state index in [9.17, 15) is 4.79 Å². The van der Waals surface area contributed by atoms with Gasteiger partial charge in [0.2, 0.25) is 0 Å². The lowest BCUT2D eigenvalue weighted by Gasteiger charge is -2.09. The van der Waals surface area contributed by atoms with E-state index in [0.717, 1.165) is 6.42 Å². The first-order valence-corrected chi connectivity index (χ1v) is 9.57. The van der Waals surface area contributed by atoms with Crippen molar-refractivity contribution in [3.05, 3.63) is 58.1 Å². The zero-order valence-electron chi connectivity index (χ0n) is 15.0. The van der Waals surface area contributed by atoms with Crippen LogP contribution in [0.2, 0.25) is 10.0 Å². The summed E-state index contributed by atoms with van der Waals surface area (Å²) in [6.07, 6.45) is 0.811. The molecule has 2 heterocycles. The smallest absolute Gasteiger partial charge is 0.257 e. The summed E-state index contributed by atoms with van der Waals surface area (Å²) in [6.45, 7) is 2.52. The molecule has 3 N–H and O–H groups in total. The molecule has 0 fully saturated rings. The molecule has 0 aliphatic carbocycles. The normalized spacial score (nSPS) is 11.2. The molecule has 0 aliphatic heterocycles. The number of carbonyl (C=O) groups excluding carboxylic acids is 1. The number of carbonyl (C=O) groups is 1. The number of nitrogen functional groups attached to an aromatic ring is 1. The predicted octanol–water partition coefficient (Wildman–Crippen LogP) is 4.60. The summed E-state index contributed by atoms with van der Waals surface area (Å²) in [5.41, 5.74) is 9.68. The Bertz CT molecular complexity index is 1220. The molecular formula is C20H17Cl2N5O. The Morgan fingerprint density at radius 3 is 2.50 bits per heavy atom. The lowest BCUT2D eigenvalue weighted by atomic mass is 10.2. The van der Waals surface area contributed by atoms with Gasteiger partial charge >= 0.3 is 0 Å². The average Bonchev–Trinajstić information content (AvgIpc) is 2.97. The van der Waals surface area contributed by atoms with Gasteiger partial charge in [0, 0.05) is 6.54 Å². The van der Waals surface area contributed by atoms with E-state index in [4.69, 9.17) is 33.9 Å². The van der Waals surface area contributed by atoms with Crippen LogP contribution in [0.4, 0.5) is 5.82 Å². The number of hydrogen-bond acceptors (Lipinski definition) is 4. The number of nitrogens with zero attached hydrogens (tertiary/aromatic N) is 3. The fraction of sp³-hybridized carbons (Fsp3) is 0.150. The van der Waals surface area contributed by atoms with Crippen molar-refractivity contribution in [2.75, 3.05) is 12.3 Å². The topological polar surface area (TPSA) is 85.8 Å². The summed E-state index contributed by atoms with van der Waals surface area (Å²) in [4.78, 5) is 22.2. The van der Waals surface area contributed by atoms with Gasteiger partial charge in [-0.15, -0.1) is 0 Å². The zero-order chi connectivity index (χ0) is 19.8. The molecule has 0 saturated heterocycles. The van der Waals surface area contributed by atoms with Crippen molar-refractivity contribution in [2.24, 2.45) is 0 Å². The highest BCUT2D eigenvalue weighted by Gasteiger charge is 2.24. The number of hydrogen-bond donors (Lipinski definition) is 2. The van der Waals surface area contributed by atoms with Crippen LogP contribution in [0.5, 0.6) is 0 Å². The van der Waals surface area contributed by atoms with E-state index in [1.54, 1.807) is 22.8 Å². The molecule has 0 atom stereocenters. The van der Waals surface area contributed by atoms with Crippen LogP contribution in [0.3, 0.4) is 0 Å². The summed E-state index contributed by atoms with van der Waals surface area (Å²) < 4.78 is 1.68. The lowest BCUT2D eigenvalue weighted by Crippen LogP contribution is -2.25. The number of nitrogens with two attached hydrogens (primary N) is 1. The Hall–Kier alpha value is -2.83. The molecule has 8 heteroatoms. The second-order valence-corrected chi connectivity index (χ2v) is 7.15. The van der Waals surface area contributed by atoms with Gasteiger partial charge in [-0.05, 0) is 36.8 Å². The highest BCUT2D eigenvalue weighted by molar-refractivity contribution is 6.42. The average molecular weight is 414 g/mol. The van der Waals surface area contributed by atoms with Crippen molar-refractivity contribution in [3.63, 3.8) is 0 Å². The maximum Gasteiger partial charge on any atom is 0.257 e. The summed E-state index contributed by atoms with van der Waals surface area (Å²) in [7, 11) is 0. The Balaban J connectivity index is 2.05. The largest absolute Gasteiger partial charge is 0.384 e. The predicted molar refractivity (Wildman–Crippen MR) is 113 cm³/mol. The minimum atomic E-state index is -0.284. The first kappa shape index (κ1) is 18.5. The number of aromatic nitrogens is 3. The van der Waals surface area contributed by atoms with Gasteiger partial charge in [-0.2, -0.15) is 0 Å². The monoisotopic (exact) mass is 413 g/mol.